The second-order valence-corrected chi connectivity index (χ2v) is 10.2. The van der Waals surface area contributed by atoms with Crippen LogP contribution in [0.3, 0.4) is 0 Å². The Kier molecular flexibility index (Phi) is 6.60. The number of anilines is 1. The van der Waals surface area contributed by atoms with Gasteiger partial charge in [0.25, 0.3) is 5.88 Å². The SMILES string of the molecule is COc1nccc2c1OC[C@@H](c1cccc(C#N)c1)n1c(NS(=O)(=O)CCc3ncc(Cl)cn3)nnc1-2. The van der Waals surface area contributed by atoms with Crippen molar-refractivity contribution >= 4 is 27.6 Å². The average Bonchev–Trinajstić information content (AvgIpc) is 3.22. The standard InChI is InChI=1S/C23H19ClN8O4S/c1-35-22-20-17(5-7-26-22)21-29-30-23(31-37(33,34)8-6-19-27-11-16(24)12-28-19)32(21)18(13-36-20)15-4-2-3-14(9-15)10-25/h2-5,7,9,11-12,18H,6,8,13H2,1H3,(H,30,31)/t18-/m0/s1. The molecule has 0 bridgehead atoms. The number of fused-ring (bicyclic) bond motifs is 3. The number of sulfonamides is 1. The minimum Gasteiger partial charge on any atom is -0.485 e. The summed E-state index contributed by atoms with van der Waals surface area (Å²) in [6.07, 6.45) is 4.41. The van der Waals surface area contributed by atoms with Crippen molar-refractivity contribution in [3.8, 4) is 29.1 Å². The molecule has 188 valence electrons. The normalized spacial score (nSPS) is 14.5. The molecule has 37 heavy (non-hydrogen) atoms. The van der Waals surface area contributed by atoms with Gasteiger partial charge in [0.2, 0.25) is 16.0 Å². The molecule has 0 radical (unpaired) electrons. The van der Waals surface area contributed by atoms with Crippen molar-refractivity contribution in [2.75, 3.05) is 24.2 Å². The van der Waals surface area contributed by atoms with Gasteiger partial charge in [-0.25, -0.2) is 23.4 Å². The van der Waals surface area contributed by atoms with E-state index < -0.39 is 16.1 Å². The van der Waals surface area contributed by atoms with Crippen LogP contribution < -0.4 is 14.2 Å². The molecule has 0 spiro atoms. The number of aromatic nitrogens is 6. The van der Waals surface area contributed by atoms with E-state index in [1.165, 1.54) is 25.7 Å². The van der Waals surface area contributed by atoms with Crippen LogP contribution in [0.4, 0.5) is 5.95 Å². The number of aryl methyl sites for hydroxylation is 1. The summed E-state index contributed by atoms with van der Waals surface area (Å²) < 4.78 is 41.7. The van der Waals surface area contributed by atoms with Crippen molar-refractivity contribution in [2.45, 2.75) is 12.5 Å². The van der Waals surface area contributed by atoms with E-state index in [0.29, 0.717) is 39.1 Å². The first-order valence-electron chi connectivity index (χ1n) is 11.0. The van der Waals surface area contributed by atoms with Gasteiger partial charge < -0.3 is 9.47 Å². The first kappa shape index (κ1) is 24.4. The van der Waals surface area contributed by atoms with Gasteiger partial charge in [0.1, 0.15) is 12.4 Å². The first-order chi connectivity index (χ1) is 17.9. The zero-order chi connectivity index (χ0) is 26.0. The molecule has 0 saturated heterocycles. The quantitative estimate of drug-likeness (QED) is 0.370. The third-order valence-corrected chi connectivity index (χ3v) is 7.04. The van der Waals surface area contributed by atoms with E-state index in [1.54, 1.807) is 28.8 Å². The molecule has 3 aromatic heterocycles. The highest BCUT2D eigenvalue weighted by Crippen LogP contribution is 2.42. The molecule has 1 N–H and O–H groups in total. The molecular weight excluding hydrogens is 520 g/mol. The van der Waals surface area contributed by atoms with Gasteiger partial charge in [-0.1, -0.05) is 23.7 Å². The van der Waals surface area contributed by atoms with Crippen LogP contribution in [0, 0.1) is 11.3 Å². The van der Waals surface area contributed by atoms with Gasteiger partial charge in [-0.15, -0.1) is 10.2 Å². The topological polar surface area (TPSA) is 158 Å². The Morgan fingerprint density at radius 1 is 1.24 bits per heavy atom. The lowest BCUT2D eigenvalue weighted by Crippen LogP contribution is -2.24. The van der Waals surface area contributed by atoms with Crippen molar-refractivity contribution in [3.05, 3.63) is 70.9 Å². The summed E-state index contributed by atoms with van der Waals surface area (Å²) in [7, 11) is -2.41. The number of hydrogen-bond acceptors (Lipinski definition) is 10. The number of pyridine rings is 1. The zero-order valence-corrected chi connectivity index (χ0v) is 20.9. The van der Waals surface area contributed by atoms with Crippen LogP contribution in [-0.2, 0) is 16.4 Å². The molecule has 14 heteroatoms. The molecular formula is C23H19ClN8O4S. The second-order valence-electron chi connectivity index (χ2n) is 7.97. The van der Waals surface area contributed by atoms with Gasteiger partial charge in [-0.3, -0.25) is 9.29 Å². The maximum absolute atomic E-state index is 13.0. The number of nitrogens with one attached hydrogen (secondary N) is 1. The molecule has 0 fully saturated rings. The van der Waals surface area contributed by atoms with Gasteiger partial charge in [-0.2, -0.15) is 5.26 Å². The molecule has 4 aromatic rings. The fourth-order valence-corrected chi connectivity index (χ4v) is 4.98. The van der Waals surface area contributed by atoms with E-state index in [9.17, 15) is 13.7 Å². The van der Waals surface area contributed by atoms with Crippen molar-refractivity contribution in [2.24, 2.45) is 0 Å². The Bertz CT molecular complexity index is 1600. The number of nitriles is 1. The van der Waals surface area contributed by atoms with E-state index in [1.807, 2.05) is 6.07 Å². The minimum atomic E-state index is -3.88. The molecule has 1 atom stereocenters. The van der Waals surface area contributed by atoms with E-state index in [2.05, 4.69) is 35.9 Å². The van der Waals surface area contributed by atoms with E-state index >= 15 is 0 Å². The molecule has 0 aliphatic carbocycles. The predicted octanol–water partition coefficient (Wildman–Crippen LogP) is 2.63. The lowest BCUT2D eigenvalue weighted by molar-refractivity contribution is 0.263. The molecule has 0 saturated carbocycles. The maximum Gasteiger partial charge on any atom is 0.257 e. The van der Waals surface area contributed by atoms with Crippen LogP contribution in [0.5, 0.6) is 11.6 Å². The van der Waals surface area contributed by atoms with Crippen molar-refractivity contribution in [3.63, 3.8) is 0 Å². The van der Waals surface area contributed by atoms with Gasteiger partial charge in [0.15, 0.2) is 11.6 Å². The summed E-state index contributed by atoms with van der Waals surface area (Å²) in [5.41, 5.74) is 1.67. The van der Waals surface area contributed by atoms with Crippen molar-refractivity contribution in [1.82, 2.24) is 29.7 Å². The fraction of sp³-hybridized carbons (Fsp3) is 0.217. The van der Waals surface area contributed by atoms with Crippen LogP contribution in [0.2, 0.25) is 5.02 Å². The van der Waals surface area contributed by atoms with Crippen LogP contribution >= 0.6 is 11.6 Å². The summed E-state index contributed by atoms with van der Waals surface area (Å²) >= 11 is 5.80. The lowest BCUT2D eigenvalue weighted by Gasteiger charge is -2.20. The Hall–Kier alpha value is -4.28. The Balaban J connectivity index is 1.55. The molecule has 1 aliphatic rings. The maximum atomic E-state index is 13.0. The number of nitrogens with zero attached hydrogens (tertiary/aromatic N) is 7. The van der Waals surface area contributed by atoms with Crippen LogP contribution in [-0.4, -0.2) is 57.6 Å². The molecule has 0 amide bonds. The van der Waals surface area contributed by atoms with Crippen molar-refractivity contribution < 1.29 is 17.9 Å². The van der Waals surface area contributed by atoms with Gasteiger partial charge in [0.05, 0.1) is 41.1 Å². The van der Waals surface area contributed by atoms with Crippen LogP contribution in [0.1, 0.15) is 23.0 Å². The lowest BCUT2D eigenvalue weighted by atomic mass is 10.0. The number of rotatable bonds is 7. The van der Waals surface area contributed by atoms with Gasteiger partial charge in [-0.05, 0) is 23.8 Å². The summed E-state index contributed by atoms with van der Waals surface area (Å²) in [6.45, 7) is 0.0717. The monoisotopic (exact) mass is 538 g/mol. The highest BCUT2D eigenvalue weighted by molar-refractivity contribution is 7.92. The minimum absolute atomic E-state index is 0.00776. The summed E-state index contributed by atoms with van der Waals surface area (Å²) in [5.74, 6) is 0.986. The van der Waals surface area contributed by atoms with Crippen LogP contribution in [0.15, 0.2) is 48.9 Å². The van der Waals surface area contributed by atoms with Gasteiger partial charge >= 0.3 is 0 Å². The first-order valence-corrected chi connectivity index (χ1v) is 13.0. The van der Waals surface area contributed by atoms with Crippen LogP contribution in [0.25, 0.3) is 11.4 Å². The Labute approximate surface area is 217 Å². The van der Waals surface area contributed by atoms with Crippen molar-refractivity contribution in [1.29, 1.82) is 5.26 Å². The Morgan fingerprint density at radius 2 is 2.05 bits per heavy atom. The number of hydrogen-bond donors (Lipinski definition) is 1. The molecule has 12 nitrogen and oxygen atoms in total. The Morgan fingerprint density at radius 3 is 2.81 bits per heavy atom. The molecule has 1 aliphatic heterocycles. The van der Waals surface area contributed by atoms with E-state index in [-0.39, 0.29) is 30.6 Å². The number of halogens is 1. The third kappa shape index (κ3) is 5.02. The van der Waals surface area contributed by atoms with Gasteiger partial charge in [0, 0.05) is 25.0 Å². The number of ether oxygens (including phenoxy) is 2. The molecule has 0 unspecified atom stereocenters. The molecule has 4 heterocycles. The summed E-state index contributed by atoms with van der Waals surface area (Å²) in [6, 6.07) is 10.2. The highest BCUT2D eigenvalue weighted by atomic mass is 35.5. The fourth-order valence-electron chi connectivity index (χ4n) is 3.91. The molecule has 1 aromatic carbocycles. The summed E-state index contributed by atoms with van der Waals surface area (Å²) in [5, 5.41) is 18.2. The smallest absolute Gasteiger partial charge is 0.257 e. The number of methoxy groups -OCH3 is 1. The summed E-state index contributed by atoms with van der Waals surface area (Å²) in [4.78, 5) is 12.3. The number of benzene rings is 1. The average molecular weight is 539 g/mol. The van der Waals surface area contributed by atoms with E-state index in [0.717, 1.165) is 0 Å². The van der Waals surface area contributed by atoms with E-state index in [4.69, 9.17) is 21.1 Å². The highest BCUT2D eigenvalue weighted by Gasteiger charge is 2.32. The predicted molar refractivity (Wildman–Crippen MR) is 133 cm³/mol. The second kappa shape index (κ2) is 10.00. The third-order valence-electron chi connectivity index (χ3n) is 5.61. The largest absolute Gasteiger partial charge is 0.485 e. The molecule has 5 rings (SSSR count). The zero-order valence-electron chi connectivity index (χ0n) is 19.4.